The Balaban J connectivity index is 1.99. The Morgan fingerprint density at radius 1 is 1.44 bits per heavy atom. The molecule has 1 heterocycles. The van der Waals surface area contributed by atoms with Gasteiger partial charge in [-0.05, 0) is 37.3 Å². The van der Waals surface area contributed by atoms with Crippen LogP contribution < -0.4 is 0 Å². The first kappa shape index (κ1) is 9.64. The zero-order valence-electron chi connectivity index (χ0n) is 9.42. The molecule has 0 spiro atoms. The molecule has 1 fully saturated rings. The Bertz CT molecular complexity index is 549. The molecule has 0 bridgehead atoms. The number of aryl methyl sites for hydroxylation is 1. The van der Waals surface area contributed by atoms with Crippen molar-refractivity contribution in [1.82, 2.24) is 4.98 Å². The van der Waals surface area contributed by atoms with E-state index in [2.05, 4.69) is 24.0 Å². The molecule has 1 aliphatic carbocycles. The fourth-order valence-corrected chi connectivity index (χ4v) is 2.16. The van der Waals surface area contributed by atoms with Crippen LogP contribution in [-0.4, -0.2) is 10.8 Å². The fraction of sp³-hybridized carbons (Fsp3) is 0.357. The quantitative estimate of drug-likeness (QED) is 0.778. The smallest absolute Gasteiger partial charge is 0.165 e. The number of hydrogen-bond donors (Lipinski definition) is 1. The normalized spacial score (nSPS) is 15.6. The van der Waals surface area contributed by atoms with E-state index in [-0.39, 0.29) is 5.78 Å². The minimum atomic E-state index is 0.289. The molecule has 16 heavy (non-hydrogen) atoms. The van der Waals surface area contributed by atoms with Crippen molar-refractivity contribution in [3.8, 4) is 0 Å². The molecule has 1 aliphatic rings. The van der Waals surface area contributed by atoms with Gasteiger partial charge in [0.25, 0.3) is 0 Å². The van der Waals surface area contributed by atoms with E-state index in [0.29, 0.717) is 5.92 Å². The maximum atomic E-state index is 12.0. The average Bonchev–Trinajstić information content (AvgIpc) is 2.96. The van der Waals surface area contributed by atoms with E-state index in [1.54, 1.807) is 0 Å². The Kier molecular flexibility index (Phi) is 2.10. The number of Topliss-reactive ketones (excluding diaryl/α,β-unsaturated/α-hetero) is 1. The second-order valence-electron chi connectivity index (χ2n) is 4.82. The molecule has 0 saturated heterocycles. The Hall–Kier alpha value is -1.57. The third kappa shape index (κ3) is 1.64. The summed E-state index contributed by atoms with van der Waals surface area (Å²) in [6, 6.07) is 6.19. The van der Waals surface area contributed by atoms with E-state index in [9.17, 15) is 4.79 Å². The summed E-state index contributed by atoms with van der Waals surface area (Å²) in [4.78, 5) is 15.2. The van der Waals surface area contributed by atoms with E-state index < -0.39 is 0 Å². The summed E-state index contributed by atoms with van der Waals surface area (Å²) >= 11 is 0. The molecular formula is C14H15NO. The first-order valence-corrected chi connectivity index (χ1v) is 5.85. The maximum Gasteiger partial charge on any atom is 0.165 e. The number of benzene rings is 1. The second-order valence-corrected chi connectivity index (χ2v) is 4.82. The molecule has 0 atom stereocenters. The highest BCUT2D eigenvalue weighted by atomic mass is 16.1. The zero-order chi connectivity index (χ0) is 11.1. The third-order valence-corrected chi connectivity index (χ3v) is 3.31. The monoisotopic (exact) mass is 213 g/mol. The first-order chi connectivity index (χ1) is 7.74. The molecule has 2 aromatic rings. The summed E-state index contributed by atoms with van der Waals surface area (Å²) in [7, 11) is 0. The zero-order valence-corrected chi connectivity index (χ0v) is 9.42. The lowest BCUT2D eigenvalue weighted by Gasteiger charge is -1.98. The molecule has 3 rings (SSSR count). The van der Waals surface area contributed by atoms with Gasteiger partial charge in [0, 0.05) is 29.1 Å². The van der Waals surface area contributed by atoms with Gasteiger partial charge in [-0.2, -0.15) is 0 Å². The molecule has 1 N–H and O–H groups in total. The predicted octanol–water partition coefficient (Wildman–Crippen LogP) is 3.46. The van der Waals surface area contributed by atoms with Crippen molar-refractivity contribution >= 4 is 16.7 Å². The van der Waals surface area contributed by atoms with Gasteiger partial charge >= 0.3 is 0 Å². The first-order valence-electron chi connectivity index (χ1n) is 5.85. The molecule has 82 valence electrons. The van der Waals surface area contributed by atoms with Gasteiger partial charge in [-0.15, -0.1) is 0 Å². The molecule has 2 heteroatoms. The molecule has 0 radical (unpaired) electrons. The van der Waals surface area contributed by atoms with Gasteiger partial charge in [-0.25, -0.2) is 0 Å². The molecule has 1 aromatic heterocycles. The number of aromatic amines is 1. The van der Waals surface area contributed by atoms with Crippen molar-refractivity contribution in [2.45, 2.75) is 26.2 Å². The van der Waals surface area contributed by atoms with Crippen molar-refractivity contribution < 1.29 is 4.79 Å². The number of carbonyl (C=O) groups is 1. The van der Waals surface area contributed by atoms with Crippen LogP contribution in [0.25, 0.3) is 10.9 Å². The van der Waals surface area contributed by atoms with Crippen molar-refractivity contribution in [1.29, 1.82) is 0 Å². The predicted molar refractivity (Wildman–Crippen MR) is 64.7 cm³/mol. The van der Waals surface area contributed by atoms with Crippen molar-refractivity contribution in [2.24, 2.45) is 5.92 Å². The van der Waals surface area contributed by atoms with Gasteiger partial charge in [0.15, 0.2) is 5.78 Å². The summed E-state index contributed by atoms with van der Waals surface area (Å²) < 4.78 is 0. The van der Waals surface area contributed by atoms with E-state index in [1.165, 1.54) is 18.4 Å². The summed E-state index contributed by atoms with van der Waals surface area (Å²) in [6.07, 6.45) is 5.04. The lowest BCUT2D eigenvalue weighted by atomic mass is 10.0. The second kappa shape index (κ2) is 3.48. The molecular weight excluding hydrogens is 198 g/mol. The van der Waals surface area contributed by atoms with Crippen molar-refractivity contribution in [3.05, 3.63) is 35.5 Å². The number of fused-ring (bicyclic) bond motifs is 1. The SMILES string of the molecule is Cc1ccc2c(C(=O)CC3CC3)c[nH]c2c1. The standard InChI is InChI=1S/C14H15NO/c1-9-2-5-11-12(8-15-13(11)6-9)14(16)7-10-3-4-10/h2,5-6,8,10,15H,3-4,7H2,1H3. The van der Waals surface area contributed by atoms with Crippen LogP contribution in [0.5, 0.6) is 0 Å². The van der Waals surface area contributed by atoms with Crippen molar-refractivity contribution in [2.75, 3.05) is 0 Å². The summed E-state index contributed by atoms with van der Waals surface area (Å²) in [5.74, 6) is 0.945. The van der Waals surface area contributed by atoms with Gasteiger partial charge in [0.1, 0.15) is 0 Å². The molecule has 1 saturated carbocycles. The highest BCUT2D eigenvalue weighted by Crippen LogP contribution is 2.34. The fourth-order valence-electron chi connectivity index (χ4n) is 2.16. The van der Waals surface area contributed by atoms with E-state index in [1.807, 2.05) is 12.3 Å². The number of carbonyl (C=O) groups excluding carboxylic acids is 1. The number of H-pyrrole nitrogens is 1. The largest absolute Gasteiger partial charge is 0.360 e. The number of hydrogen-bond acceptors (Lipinski definition) is 1. The lowest BCUT2D eigenvalue weighted by Crippen LogP contribution is -1.98. The lowest BCUT2D eigenvalue weighted by molar-refractivity contribution is 0.0977. The molecule has 0 unspecified atom stereocenters. The van der Waals surface area contributed by atoms with Crippen LogP contribution in [0.1, 0.15) is 35.2 Å². The minimum Gasteiger partial charge on any atom is -0.360 e. The topological polar surface area (TPSA) is 32.9 Å². The van der Waals surface area contributed by atoms with Crippen LogP contribution in [0.4, 0.5) is 0 Å². The van der Waals surface area contributed by atoms with Crippen LogP contribution >= 0.6 is 0 Å². The van der Waals surface area contributed by atoms with Gasteiger partial charge in [0.2, 0.25) is 0 Å². The van der Waals surface area contributed by atoms with Gasteiger partial charge in [-0.1, -0.05) is 12.1 Å². The van der Waals surface area contributed by atoms with E-state index >= 15 is 0 Å². The van der Waals surface area contributed by atoms with E-state index in [0.717, 1.165) is 22.9 Å². The molecule has 0 aliphatic heterocycles. The van der Waals surface area contributed by atoms with Crippen molar-refractivity contribution in [3.63, 3.8) is 0 Å². The van der Waals surface area contributed by atoms with Crippen LogP contribution in [0.3, 0.4) is 0 Å². The molecule has 1 aromatic carbocycles. The van der Waals surface area contributed by atoms with Gasteiger partial charge < -0.3 is 4.98 Å². The number of rotatable bonds is 3. The average molecular weight is 213 g/mol. The summed E-state index contributed by atoms with van der Waals surface area (Å²) in [6.45, 7) is 2.06. The maximum absolute atomic E-state index is 12.0. The van der Waals surface area contributed by atoms with Crippen LogP contribution in [0.15, 0.2) is 24.4 Å². The van der Waals surface area contributed by atoms with Gasteiger partial charge in [0.05, 0.1) is 0 Å². The Morgan fingerprint density at radius 2 is 2.25 bits per heavy atom. The molecule has 0 amide bonds. The highest BCUT2D eigenvalue weighted by molar-refractivity contribution is 6.08. The molecule has 2 nitrogen and oxygen atoms in total. The summed E-state index contributed by atoms with van der Waals surface area (Å²) in [5.41, 5.74) is 3.15. The number of aromatic nitrogens is 1. The van der Waals surface area contributed by atoms with Gasteiger partial charge in [-0.3, -0.25) is 4.79 Å². The van der Waals surface area contributed by atoms with Crippen LogP contribution in [-0.2, 0) is 0 Å². The Morgan fingerprint density at radius 3 is 3.00 bits per heavy atom. The number of nitrogens with one attached hydrogen (secondary N) is 1. The van der Waals surface area contributed by atoms with Crippen LogP contribution in [0.2, 0.25) is 0 Å². The van der Waals surface area contributed by atoms with Crippen LogP contribution in [0, 0.1) is 12.8 Å². The van der Waals surface area contributed by atoms with E-state index in [4.69, 9.17) is 0 Å². The number of ketones is 1. The minimum absolute atomic E-state index is 0.289. The summed E-state index contributed by atoms with van der Waals surface area (Å²) in [5, 5.41) is 1.07. The highest BCUT2D eigenvalue weighted by Gasteiger charge is 2.25. The third-order valence-electron chi connectivity index (χ3n) is 3.31. The Labute approximate surface area is 94.7 Å².